The van der Waals surface area contributed by atoms with Crippen LogP contribution in [0.5, 0.6) is 0 Å². The molecule has 1 unspecified atom stereocenters. The molecule has 12 heavy (non-hydrogen) atoms. The molecule has 0 rings (SSSR count). The maximum atomic E-state index is 11.1. The van der Waals surface area contributed by atoms with Crippen LogP contribution in [0.4, 0.5) is 0 Å². The first kappa shape index (κ1) is 11.8. The first-order valence-corrected chi connectivity index (χ1v) is 5.27. The Hall–Kier alpha value is -0.220. The molecule has 0 aliphatic heterocycles. The second kappa shape index (κ2) is 4.72. The highest BCUT2D eigenvalue weighted by Crippen LogP contribution is 2.08. The fraction of sp³-hybridized carbons (Fsp3) is 0.875. The molecule has 1 atom stereocenters. The molecule has 0 aliphatic rings. The number of amides is 1. The lowest BCUT2D eigenvalue weighted by atomic mass is 9.99. The largest absolute Gasteiger partial charge is 0.391 e. The van der Waals surface area contributed by atoms with Crippen molar-refractivity contribution in [1.29, 1.82) is 0 Å². The van der Waals surface area contributed by atoms with Crippen LogP contribution in [0.2, 0.25) is 0 Å². The SMILES string of the molecule is CSCC(=O)NC(C)(C)C(C)O. The van der Waals surface area contributed by atoms with E-state index < -0.39 is 11.6 Å². The quantitative estimate of drug-likeness (QED) is 0.685. The van der Waals surface area contributed by atoms with Crippen LogP contribution in [-0.2, 0) is 4.79 Å². The molecular formula is C8H17NO2S. The van der Waals surface area contributed by atoms with E-state index in [1.54, 1.807) is 20.8 Å². The van der Waals surface area contributed by atoms with Gasteiger partial charge < -0.3 is 10.4 Å². The zero-order valence-electron chi connectivity index (χ0n) is 8.05. The van der Waals surface area contributed by atoms with Crippen molar-refractivity contribution >= 4 is 17.7 Å². The summed E-state index contributed by atoms with van der Waals surface area (Å²) in [6.45, 7) is 5.27. The Morgan fingerprint density at radius 3 is 2.50 bits per heavy atom. The van der Waals surface area contributed by atoms with Gasteiger partial charge in [-0.25, -0.2) is 0 Å². The lowest BCUT2D eigenvalue weighted by Gasteiger charge is -2.29. The number of carbonyl (C=O) groups excluding carboxylic acids is 1. The normalized spacial score (nSPS) is 14.1. The average molecular weight is 191 g/mol. The van der Waals surface area contributed by atoms with Gasteiger partial charge in [0, 0.05) is 0 Å². The number of thioether (sulfide) groups is 1. The van der Waals surface area contributed by atoms with Crippen molar-refractivity contribution in [2.75, 3.05) is 12.0 Å². The molecular weight excluding hydrogens is 174 g/mol. The summed E-state index contributed by atoms with van der Waals surface area (Å²) in [5.74, 6) is 0.407. The van der Waals surface area contributed by atoms with E-state index in [1.807, 2.05) is 6.26 Å². The summed E-state index contributed by atoms with van der Waals surface area (Å²) in [6, 6.07) is 0. The summed E-state index contributed by atoms with van der Waals surface area (Å²) >= 11 is 1.47. The van der Waals surface area contributed by atoms with Crippen LogP contribution in [0.25, 0.3) is 0 Å². The minimum absolute atomic E-state index is 0.0339. The van der Waals surface area contributed by atoms with Gasteiger partial charge in [0.25, 0.3) is 0 Å². The lowest BCUT2D eigenvalue weighted by molar-refractivity contribution is -0.121. The van der Waals surface area contributed by atoms with E-state index in [4.69, 9.17) is 0 Å². The summed E-state index contributed by atoms with van der Waals surface area (Å²) < 4.78 is 0. The number of nitrogens with one attached hydrogen (secondary N) is 1. The molecule has 4 heteroatoms. The molecule has 0 aromatic heterocycles. The molecule has 0 radical (unpaired) electrons. The zero-order chi connectivity index (χ0) is 9.78. The van der Waals surface area contributed by atoms with E-state index in [0.29, 0.717) is 5.75 Å². The molecule has 0 saturated heterocycles. The standard InChI is InChI=1S/C8H17NO2S/c1-6(10)8(2,3)9-7(11)5-12-4/h6,10H,5H2,1-4H3,(H,9,11). The van der Waals surface area contributed by atoms with Gasteiger partial charge in [0.15, 0.2) is 0 Å². The van der Waals surface area contributed by atoms with Crippen molar-refractivity contribution in [3.05, 3.63) is 0 Å². The first-order chi connectivity index (χ1) is 5.40. The molecule has 0 saturated carbocycles. The Balaban J connectivity index is 3.97. The fourth-order valence-electron chi connectivity index (χ4n) is 0.631. The van der Waals surface area contributed by atoms with Crippen LogP contribution < -0.4 is 5.32 Å². The topological polar surface area (TPSA) is 49.3 Å². The number of aliphatic hydroxyl groups excluding tert-OH is 1. The van der Waals surface area contributed by atoms with Crippen LogP contribution in [0.3, 0.4) is 0 Å². The van der Waals surface area contributed by atoms with Crippen molar-refractivity contribution in [3.8, 4) is 0 Å². The molecule has 0 heterocycles. The molecule has 72 valence electrons. The van der Waals surface area contributed by atoms with Gasteiger partial charge in [0.1, 0.15) is 0 Å². The van der Waals surface area contributed by atoms with Crippen molar-refractivity contribution in [2.24, 2.45) is 0 Å². The number of carbonyl (C=O) groups is 1. The van der Waals surface area contributed by atoms with Crippen LogP contribution in [0.1, 0.15) is 20.8 Å². The van der Waals surface area contributed by atoms with Gasteiger partial charge in [-0.3, -0.25) is 4.79 Å². The van der Waals surface area contributed by atoms with Gasteiger partial charge >= 0.3 is 0 Å². The second-order valence-electron chi connectivity index (χ2n) is 3.38. The Labute approximate surface area is 77.9 Å². The maximum Gasteiger partial charge on any atom is 0.230 e. The van der Waals surface area contributed by atoms with Gasteiger partial charge in [-0.2, -0.15) is 11.8 Å². The number of hydrogen-bond donors (Lipinski definition) is 2. The molecule has 3 nitrogen and oxygen atoms in total. The second-order valence-corrected chi connectivity index (χ2v) is 4.24. The predicted molar refractivity (Wildman–Crippen MR) is 52.3 cm³/mol. The third kappa shape index (κ3) is 3.97. The fourth-order valence-corrected chi connectivity index (χ4v) is 0.965. The molecule has 1 amide bonds. The molecule has 0 aromatic carbocycles. The summed E-state index contributed by atoms with van der Waals surface area (Å²) in [6.07, 6.45) is 1.33. The molecule has 0 aromatic rings. The van der Waals surface area contributed by atoms with Crippen molar-refractivity contribution < 1.29 is 9.90 Å². The Bertz CT molecular complexity index is 157. The monoisotopic (exact) mass is 191 g/mol. The molecule has 0 fully saturated rings. The summed E-state index contributed by atoms with van der Waals surface area (Å²) in [5.41, 5.74) is -0.535. The van der Waals surface area contributed by atoms with Gasteiger partial charge in [0.05, 0.1) is 17.4 Å². The van der Waals surface area contributed by atoms with Crippen LogP contribution >= 0.6 is 11.8 Å². The average Bonchev–Trinajstić information content (AvgIpc) is 1.85. The predicted octanol–water partition coefficient (Wildman–Crippen LogP) is 0.625. The summed E-state index contributed by atoms with van der Waals surface area (Å²) in [7, 11) is 0. The van der Waals surface area contributed by atoms with Crippen LogP contribution in [-0.4, -0.2) is 34.7 Å². The molecule has 0 bridgehead atoms. The highest BCUT2D eigenvalue weighted by Gasteiger charge is 2.25. The first-order valence-electron chi connectivity index (χ1n) is 3.88. The van der Waals surface area contributed by atoms with E-state index in [2.05, 4.69) is 5.32 Å². The van der Waals surface area contributed by atoms with Crippen molar-refractivity contribution in [1.82, 2.24) is 5.32 Å². The third-order valence-electron chi connectivity index (χ3n) is 1.78. The van der Waals surface area contributed by atoms with Gasteiger partial charge in [0.2, 0.25) is 5.91 Å². The van der Waals surface area contributed by atoms with Crippen molar-refractivity contribution in [3.63, 3.8) is 0 Å². The van der Waals surface area contributed by atoms with E-state index in [-0.39, 0.29) is 5.91 Å². The highest BCUT2D eigenvalue weighted by molar-refractivity contribution is 7.99. The lowest BCUT2D eigenvalue weighted by Crippen LogP contribution is -2.51. The summed E-state index contributed by atoms with van der Waals surface area (Å²) in [4.78, 5) is 11.1. The Morgan fingerprint density at radius 1 is 1.67 bits per heavy atom. The Kier molecular flexibility index (Phi) is 4.63. The molecule has 0 aliphatic carbocycles. The third-order valence-corrected chi connectivity index (χ3v) is 2.33. The van der Waals surface area contributed by atoms with Crippen molar-refractivity contribution in [2.45, 2.75) is 32.4 Å². The van der Waals surface area contributed by atoms with Gasteiger partial charge in [-0.05, 0) is 27.0 Å². The number of rotatable bonds is 4. The zero-order valence-corrected chi connectivity index (χ0v) is 8.86. The maximum absolute atomic E-state index is 11.1. The van der Waals surface area contributed by atoms with E-state index in [1.165, 1.54) is 11.8 Å². The summed E-state index contributed by atoms with van der Waals surface area (Å²) in [5, 5.41) is 12.0. The minimum atomic E-state index is -0.539. The number of aliphatic hydroxyl groups is 1. The highest BCUT2D eigenvalue weighted by atomic mass is 32.2. The van der Waals surface area contributed by atoms with E-state index >= 15 is 0 Å². The smallest absolute Gasteiger partial charge is 0.230 e. The van der Waals surface area contributed by atoms with Crippen LogP contribution in [0, 0.1) is 0 Å². The number of hydrogen-bond acceptors (Lipinski definition) is 3. The molecule has 2 N–H and O–H groups in total. The minimum Gasteiger partial charge on any atom is -0.391 e. The van der Waals surface area contributed by atoms with Crippen LogP contribution in [0.15, 0.2) is 0 Å². The van der Waals surface area contributed by atoms with E-state index in [9.17, 15) is 9.90 Å². The van der Waals surface area contributed by atoms with Gasteiger partial charge in [-0.15, -0.1) is 0 Å². The Morgan fingerprint density at radius 2 is 2.17 bits per heavy atom. The van der Waals surface area contributed by atoms with Gasteiger partial charge in [-0.1, -0.05) is 0 Å². The van der Waals surface area contributed by atoms with E-state index in [0.717, 1.165) is 0 Å². The molecule has 0 spiro atoms.